The summed E-state index contributed by atoms with van der Waals surface area (Å²) in [5.74, 6) is 0.837. The maximum atomic E-state index is 12.0. The van der Waals surface area contributed by atoms with Crippen molar-refractivity contribution in [1.29, 1.82) is 0 Å². The van der Waals surface area contributed by atoms with E-state index >= 15 is 0 Å². The normalized spacial score (nSPS) is 14.1. The van der Waals surface area contributed by atoms with E-state index in [2.05, 4.69) is 27.6 Å². The monoisotopic (exact) mass is 346 g/mol. The van der Waals surface area contributed by atoms with Crippen molar-refractivity contribution in [3.8, 4) is 5.75 Å². The summed E-state index contributed by atoms with van der Waals surface area (Å²) in [6.07, 6.45) is 0.942. The van der Waals surface area contributed by atoms with Crippen molar-refractivity contribution in [2.75, 3.05) is 25.5 Å². The average Bonchev–Trinajstić information content (AvgIpc) is 2.95. The minimum absolute atomic E-state index is 0.233. The lowest BCUT2D eigenvalue weighted by Crippen LogP contribution is -2.28. The number of hydrogen-bond acceptors (Lipinski definition) is 5. The molecule has 2 heterocycles. The third-order valence-corrected chi connectivity index (χ3v) is 4.83. The maximum Gasteiger partial charge on any atom is 0.321 e. The van der Waals surface area contributed by atoms with Gasteiger partial charge in [-0.3, -0.25) is 5.32 Å². The predicted octanol–water partition coefficient (Wildman–Crippen LogP) is 2.85. The number of benzene rings is 1. The number of thiazole rings is 1. The van der Waals surface area contributed by atoms with E-state index in [1.807, 2.05) is 31.2 Å². The summed E-state index contributed by atoms with van der Waals surface area (Å²) in [7, 11) is 2.10. The molecule has 128 valence electrons. The van der Waals surface area contributed by atoms with Crippen molar-refractivity contribution >= 4 is 22.5 Å². The summed E-state index contributed by atoms with van der Waals surface area (Å²) in [6, 6.07) is 7.48. The molecule has 0 unspecified atom stereocenters. The number of aromatic nitrogens is 1. The van der Waals surface area contributed by atoms with Crippen molar-refractivity contribution in [3.05, 3.63) is 40.4 Å². The molecule has 0 saturated carbocycles. The summed E-state index contributed by atoms with van der Waals surface area (Å²) >= 11 is 1.56. The Morgan fingerprint density at radius 2 is 2.17 bits per heavy atom. The van der Waals surface area contributed by atoms with Crippen LogP contribution in [0.25, 0.3) is 0 Å². The number of ether oxygens (including phenoxy) is 1. The van der Waals surface area contributed by atoms with Gasteiger partial charge in [-0.2, -0.15) is 0 Å². The number of carbonyl (C=O) groups is 1. The molecule has 0 atom stereocenters. The van der Waals surface area contributed by atoms with Crippen LogP contribution in [0.1, 0.15) is 23.1 Å². The lowest BCUT2D eigenvalue weighted by Gasteiger charge is -2.20. The molecule has 0 spiro atoms. The molecule has 0 aliphatic carbocycles. The lowest BCUT2D eigenvalue weighted by molar-refractivity contribution is 0.251. The molecule has 6 nitrogen and oxygen atoms in total. The predicted molar refractivity (Wildman–Crippen MR) is 95.6 cm³/mol. The van der Waals surface area contributed by atoms with Gasteiger partial charge in [-0.25, -0.2) is 9.78 Å². The minimum Gasteiger partial charge on any atom is -0.494 e. The van der Waals surface area contributed by atoms with E-state index in [4.69, 9.17) is 4.74 Å². The smallest absolute Gasteiger partial charge is 0.321 e. The second-order valence-electron chi connectivity index (χ2n) is 5.76. The number of anilines is 1. The van der Waals surface area contributed by atoms with Crippen LogP contribution in [0.2, 0.25) is 0 Å². The lowest BCUT2D eigenvalue weighted by atomic mass is 10.2. The molecule has 1 aromatic carbocycles. The van der Waals surface area contributed by atoms with Crippen LogP contribution < -0.4 is 15.4 Å². The molecule has 0 fully saturated rings. The quantitative estimate of drug-likeness (QED) is 0.874. The Morgan fingerprint density at radius 3 is 2.92 bits per heavy atom. The Kier molecular flexibility index (Phi) is 5.32. The first-order valence-electron chi connectivity index (χ1n) is 8.07. The summed E-state index contributed by atoms with van der Waals surface area (Å²) in [6.45, 7) is 4.98. The molecule has 3 rings (SSSR count). The van der Waals surface area contributed by atoms with Crippen LogP contribution in [-0.4, -0.2) is 36.1 Å². The van der Waals surface area contributed by atoms with Gasteiger partial charge < -0.3 is 15.0 Å². The fraction of sp³-hybridized carbons (Fsp3) is 0.412. The molecule has 2 aromatic rings. The highest BCUT2D eigenvalue weighted by atomic mass is 32.1. The van der Waals surface area contributed by atoms with E-state index in [-0.39, 0.29) is 6.03 Å². The van der Waals surface area contributed by atoms with Crippen molar-refractivity contribution in [2.45, 2.75) is 26.4 Å². The Labute approximate surface area is 145 Å². The van der Waals surface area contributed by atoms with E-state index in [0.717, 1.165) is 36.5 Å². The van der Waals surface area contributed by atoms with Gasteiger partial charge in [0.2, 0.25) is 0 Å². The molecule has 2 N–H and O–H groups in total. The third-order valence-electron chi connectivity index (χ3n) is 3.83. The average molecular weight is 346 g/mol. The first-order valence-corrected chi connectivity index (χ1v) is 8.89. The van der Waals surface area contributed by atoms with Gasteiger partial charge in [0.1, 0.15) is 5.75 Å². The standard InChI is InChI=1S/C17H22N4O2S/c1-3-23-13-6-4-12(5-7-13)10-18-16(22)20-17-19-14-8-9-21(2)11-15(14)24-17/h4-7H,3,8-11H2,1-2H3,(H2,18,19,20,22). The number of urea groups is 1. The van der Waals surface area contributed by atoms with Crippen LogP contribution >= 0.6 is 11.3 Å². The Balaban J connectivity index is 1.50. The highest BCUT2D eigenvalue weighted by molar-refractivity contribution is 7.15. The minimum atomic E-state index is -0.233. The molecule has 0 radical (unpaired) electrons. The SMILES string of the molecule is CCOc1ccc(CNC(=O)Nc2nc3c(s2)CN(C)CC3)cc1. The van der Waals surface area contributed by atoms with Crippen LogP contribution in [0.3, 0.4) is 0 Å². The highest BCUT2D eigenvalue weighted by Gasteiger charge is 2.18. The summed E-state index contributed by atoms with van der Waals surface area (Å²) in [5.41, 5.74) is 2.13. The Morgan fingerprint density at radius 1 is 1.38 bits per heavy atom. The molecule has 1 aromatic heterocycles. The van der Waals surface area contributed by atoms with Gasteiger partial charge in [-0.1, -0.05) is 12.1 Å². The van der Waals surface area contributed by atoms with E-state index in [1.54, 1.807) is 11.3 Å². The summed E-state index contributed by atoms with van der Waals surface area (Å²) in [4.78, 5) is 20.1. The first kappa shape index (κ1) is 16.7. The van der Waals surface area contributed by atoms with Crippen LogP contribution in [-0.2, 0) is 19.5 Å². The molecule has 24 heavy (non-hydrogen) atoms. The van der Waals surface area contributed by atoms with Gasteiger partial charge in [0, 0.05) is 30.9 Å². The number of rotatable bonds is 5. The number of nitrogens with one attached hydrogen (secondary N) is 2. The van der Waals surface area contributed by atoms with Gasteiger partial charge in [-0.05, 0) is 31.7 Å². The maximum absolute atomic E-state index is 12.0. The van der Waals surface area contributed by atoms with Crippen molar-refractivity contribution in [2.24, 2.45) is 0 Å². The number of fused-ring (bicyclic) bond motifs is 1. The van der Waals surface area contributed by atoms with E-state index in [0.29, 0.717) is 18.3 Å². The molecule has 1 aliphatic heterocycles. The van der Waals surface area contributed by atoms with Gasteiger partial charge in [0.15, 0.2) is 5.13 Å². The van der Waals surface area contributed by atoms with Crippen LogP contribution in [0.5, 0.6) is 5.75 Å². The number of likely N-dealkylation sites (N-methyl/N-ethyl adjacent to an activating group) is 1. The molecule has 1 aliphatic rings. The van der Waals surface area contributed by atoms with E-state index in [9.17, 15) is 4.79 Å². The third kappa shape index (κ3) is 4.24. The van der Waals surface area contributed by atoms with Gasteiger partial charge >= 0.3 is 6.03 Å². The zero-order valence-electron chi connectivity index (χ0n) is 14.0. The molecule has 7 heteroatoms. The molecular formula is C17H22N4O2S. The van der Waals surface area contributed by atoms with Crippen LogP contribution in [0, 0.1) is 0 Å². The van der Waals surface area contributed by atoms with Crippen molar-refractivity contribution in [1.82, 2.24) is 15.2 Å². The zero-order chi connectivity index (χ0) is 16.9. The number of amides is 2. The number of carbonyl (C=O) groups excluding carboxylic acids is 1. The zero-order valence-corrected chi connectivity index (χ0v) is 14.8. The van der Waals surface area contributed by atoms with E-state index < -0.39 is 0 Å². The van der Waals surface area contributed by atoms with Crippen LogP contribution in [0.4, 0.5) is 9.93 Å². The summed E-state index contributed by atoms with van der Waals surface area (Å²) in [5, 5.41) is 6.35. The second-order valence-corrected chi connectivity index (χ2v) is 6.84. The number of nitrogens with zero attached hydrogens (tertiary/aromatic N) is 2. The first-order chi connectivity index (χ1) is 11.6. The fourth-order valence-electron chi connectivity index (χ4n) is 2.57. The molecular weight excluding hydrogens is 324 g/mol. The van der Waals surface area contributed by atoms with E-state index in [1.165, 1.54) is 4.88 Å². The Hall–Kier alpha value is -2.12. The van der Waals surface area contributed by atoms with Gasteiger partial charge in [0.05, 0.1) is 12.3 Å². The molecule has 2 amide bonds. The van der Waals surface area contributed by atoms with Crippen LogP contribution in [0.15, 0.2) is 24.3 Å². The second kappa shape index (κ2) is 7.63. The van der Waals surface area contributed by atoms with Crippen molar-refractivity contribution in [3.63, 3.8) is 0 Å². The van der Waals surface area contributed by atoms with Gasteiger partial charge in [-0.15, -0.1) is 11.3 Å². The van der Waals surface area contributed by atoms with Gasteiger partial charge in [0.25, 0.3) is 0 Å². The number of hydrogen-bond donors (Lipinski definition) is 2. The molecule has 0 bridgehead atoms. The van der Waals surface area contributed by atoms with Crippen molar-refractivity contribution < 1.29 is 9.53 Å². The fourth-order valence-corrected chi connectivity index (χ4v) is 3.65. The Bertz CT molecular complexity index is 699. The summed E-state index contributed by atoms with van der Waals surface area (Å²) < 4.78 is 5.40. The highest BCUT2D eigenvalue weighted by Crippen LogP contribution is 2.27. The topological polar surface area (TPSA) is 66.5 Å². The largest absolute Gasteiger partial charge is 0.494 e. The molecule has 0 saturated heterocycles.